The van der Waals surface area contributed by atoms with Crippen molar-refractivity contribution in [3.8, 4) is 17.0 Å². The summed E-state index contributed by atoms with van der Waals surface area (Å²) in [7, 11) is 1.67. The third kappa shape index (κ3) is 2.91. The third-order valence-corrected chi connectivity index (χ3v) is 4.88. The number of nitrogens with one attached hydrogen (secondary N) is 2. The van der Waals surface area contributed by atoms with Gasteiger partial charge in [0.1, 0.15) is 11.4 Å². The molecule has 0 atom stereocenters. The fourth-order valence-electron chi connectivity index (χ4n) is 3.29. The second-order valence-corrected chi connectivity index (χ2v) is 6.93. The average Bonchev–Trinajstić information content (AvgIpc) is 3.23. The maximum absolute atomic E-state index is 5.54. The summed E-state index contributed by atoms with van der Waals surface area (Å²) < 4.78 is 7.45. The Labute approximate surface area is 156 Å². The van der Waals surface area contributed by atoms with Crippen LogP contribution in [0, 0.1) is 6.92 Å². The summed E-state index contributed by atoms with van der Waals surface area (Å²) in [4.78, 5) is 9.28. The highest BCUT2D eigenvalue weighted by molar-refractivity contribution is 5.72. The number of aromatic amines is 1. The van der Waals surface area contributed by atoms with Crippen molar-refractivity contribution in [2.75, 3.05) is 12.4 Å². The maximum Gasteiger partial charge on any atom is 0.215 e. The number of imidazole rings is 1. The summed E-state index contributed by atoms with van der Waals surface area (Å²) >= 11 is 0. The lowest BCUT2D eigenvalue weighted by molar-refractivity contribution is 0.416. The van der Waals surface area contributed by atoms with E-state index in [0.717, 1.165) is 34.0 Å². The smallest absolute Gasteiger partial charge is 0.215 e. The lowest BCUT2D eigenvalue weighted by atomic mass is 10.1. The number of rotatable bonds is 5. The molecule has 3 heterocycles. The second kappa shape index (κ2) is 6.12. The van der Waals surface area contributed by atoms with Crippen molar-refractivity contribution in [1.29, 1.82) is 0 Å². The molecular weight excluding hydrogens is 340 g/mol. The predicted molar refractivity (Wildman–Crippen MR) is 104 cm³/mol. The number of ether oxygens (including phenoxy) is 1. The van der Waals surface area contributed by atoms with Crippen LogP contribution in [0.15, 0.2) is 42.7 Å². The highest BCUT2D eigenvalue weighted by atomic mass is 16.5. The van der Waals surface area contributed by atoms with Gasteiger partial charge in [0.2, 0.25) is 5.95 Å². The van der Waals surface area contributed by atoms with Gasteiger partial charge in [0.15, 0.2) is 5.82 Å². The highest BCUT2D eigenvalue weighted by Gasteiger charge is 2.25. The molecule has 0 spiro atoms. The lowest BCUT2D eigenvalue weighted by Crippen LogP contribution is -2.03. The number of benzene rings is 1. The van der Waals surface area contributed by atoms with E-state index in [1.807, 2.05) is 28.8 Å². The predicted octanol–water partition coefficient (Wildman–Crippen LogP) is 4.06. The summed E-state index contributed by atoms with van der Waals surface area (Å²) in [5.74, 6) is 2.83. The molecule has 0 amide bonds. The Bertz CT molecular complexity index is 1120. The van der Waals surface area contributed by atoms with E-state index in [1.165, 1.54) is 18.5 Å². The quantitative estimate of drug-likeness (QED) is 0.561. The SMILES string of the molecule is COc1ccc(C)cc1-c1cc2nccn2c(Nc2cc(C3CC3)[nH]n2)n1. The minimum Gasteiger partial charge on any atom is -0.496 e. The van der Waals surface area contributed by atoms with Gasteiger partial charge in [-0.2, -0.15) is 5.10 Å². The van der Waals surface area contributed by atoms with Gasteiger partial charge in [-0.15, -0.1) is 0 Å². The Kier molecular flexibility index (Phi) is 3.60. The molecule has 136 valence electrons. The maximum atomic E-state index is 5.54. The van der Waals surface area contributed by atoms with Gasteiger partial charge in [-0.3, -0.25) is 9.50 Å². The van der Waals surface area contributed by atoms with E-state index in [2.05, 4.69) is 39.6 Å². The van der Waals surface area contributed by atoms with Crippen LogP contribution in [0.3, 0.4) is 0 Å². The van der Waals surface area contributed by atoms with Gasteiger partial charge in [-0.25, -0.2) is 9.97 Å². The first-order valence-electron chi connectivity index (χ1n) is 9.03. The van der Waals surface area contributed by atoms with Gasteiger partial charge in [0.05, 0.1) is 12.8 Å². The molecule has 7 nitrogen and oxygen atoms in total. The number of hydrogen-bond donors (Lipinski definition) is 2. The van der Waals surface area contributed by atoms with Crippen LogP contribution in [0.25, 0.3) is 16.9 Å². The number of nitrogens with zero attached hydrogens (tertiary/aromatic N) is 4. The van der Waals surface area contributed by atoms with Crippen molar-refractivity contribution >= 4 is 17.4 Å². The van der Waals surface area contributed by atoms with Crippen molar-refractivity contribution in [2.24, 2.45) is 0 Å². The molecule has 0 bridgehead atoms. The first-order chi connectivity index (χ1) is 13.2. The normalized spacial score (nSPS) is 13.9. The second-order valence-electron chi connectivity index (χ2n) is 6.93. The Hall–Kier alpha value is -3.35. The van der Waals surface area contributed by atoms with Gasteiger partial charge in [-0.05, 0) is 31.9 Å². The van der Waals surface area contributed by atoms with E-state index in [1.54, 1.807) is 13.3 Å². The van der Waals surface area contributed by atoms with Crippen molar-refractivity contribution < 1.29 is 4.74 Å². The van der Waals surface area contributed by atoms with Crippen LogP contribution >= 0.6 is 0 Å². The molecule has 4 aromatic rings. The Morgan fingerprint density at radius 1 is 1.22 bits per heavy atom. The number of fused-ring (bicyclic) bond motifs is 1. The van der Waals surface area contributed by atoms with Gasteiger partial charge >= 0.3 is 0 Å². The topological polar surface area (TPSA) is 80.1 Å². The third-order valence-electron chi connectivity index (χ3n) is 4.88. The Balaban J connectivity index is 1.59. The van der Waals surface area contributed by atoms with Gasteiger partial charge in [0.25, 0.3) is 0 Å². The largest absolute Gasteiger partial charge is 0.496 e. The Morgan fingerprint density at radius 2 is 2.11 bits per heavy atom. The summed E-state index contributed by atoms with van der Waals surface area (Å²) in [6.45, 7) is 2.05. The first kappa shape index (κ1) is 15.9. The molecule has 2 N–H and O–H groups in total. The standard InChI is InChI=1S/C20H20N6O/c1-12-3-6-17(27-2)14(9-12)16-11-19-21-7-8-26(19)20(22-16)23-18-10-15(24-25-18)13-4-5-13/h3,6-11,13H,4-5H2,1-2H3,(H2,22,23,24,25). The first-order valence-corrected chi connectivity index (χ1v) is 9.03. The summed E-state index contributed by atoms with van der Waals surface area (Å²) in [5.41, 5.74) is 4.87. The fraction of sp³-hybridized carbons (Fsp3) is 0.250. The molecule has 1 aromatic carbocycles. The van der Waals surface area contributed by atoms with Crippen molar-refractivity contribution in [1.82, 2.24) is 24.6 Å². The van der Waals surface area contributed by atoms with E-state index in [9.17, 15) is 0 Å². The minimum atomic E-state index is 0.622. The van der Waals surface area contributed by atoms with Crippen LogP contribution in [0.5, 0.6) is 5.75 Å². The highest BCUT2D eigenvalue weighted by Crippen LogP contribution is 2.39. The van der Waals surface area contributed by atoms with Gasteiger partial charge in [0, 0.05) is 41.7 Å². The van der Waals surface area contributed by atoms with E-state index < -0.39 is 0 Å². The molecule has 3 aromatic heterocycles. The lowest BCUT2D eigenvalue weighted by Gasteiger charge is -2.12. The summed E-state index contributed by atoms with van der Waals surface area (Å²) in [6, 6.07) is 10.1. The van der Waals surface area contributed by atoms with Crippen LogP contribution in [0.1, 0.15) is 30.0 Å². The van der Waals surface area contributed by atoms with Gasteiger partial charge < -0.3 is 10.1 Å². The summed E-state index contributed by atoms with van der Waals surface area (Å²) in [5, 5.41) is 10.8. The number of aromatic nitrogens is 5. The molecular formula is C20H20N6O. The number of aryl methyl sites for hydroxylation is 1. The van der Waals surface area contributed by atoms with Crippen molar-refractivity contribution in [3.63, 3.8) is 0 Å². The minimum absolute atomic E-state index is 0.622. The van der Waals surface area contributed by atoms with E-state index >= 15 is 0 Å². The number of H-pyrrole nitrogens is 1. The Morgan fingerprint density at radius 3 is 2.93 bits per heavy atom. The molecule has 27 heavy (non-hydrogen) atoms. The van der Waals surface area contributed by atoms with Crippen LogP contribution in [-0.2, 0) is 0 Å². The molecule has 0 aliphatic heterocycles. The molecule has 0 radical (unpaired) electrons. The van der Waals surface area contributed by atoms with E-state index in [-0.39, 0.29) is 0 Å². The molecule has 0 saturated heterocycles. The molecule has 1 aliphatic carbocycles. The van der Waals surface area contributed by atoms with Gasteiger partial charge in [-0.1, -0.05) is 11.6 Å². The molecule has 0 unspecified atom stereocenters. The molecule has 1 saturated carbocycles. The zero-order valence-electron chi connectivity index (χ0n) is 15.2. The van der Waals surface area contributed by atoms with Crippen LogP contribution in [0.4, 0.5) is 11.8 Å². The number of anilines is 2. The summed E-state index contributed by atoms with van der Waals surface area (Å²) in [6.07, 6.45) is 6.11. The monoisotopic (exact) mass is 360 g/mol. The molecule has 7 heteroatoms. The molecule has 5 rings (SSSR count). The van der Waals surface area contributed by atoms with Crippen molar-refractivity contribution in [3.05, 3.63) is 54.0 Å². The molecule has 1 fully saturated rings. The van der Waals surface area contributed by atoms with Crippen LogP contribution in [-0.4, -0.2) is 31.7 Å². The fourth-order valence-corrected chi connectivity index (χ4v) is 3.29. The zero-order chi connectivity index (χ0) is 18.4. The average molecular weight is 360 g/mol. The van der Waals surface area contributed by atoms with Crippen LogP contribution < -0.4 is 10.1 Å². The van der Waals surface area contributed by atoms with Crippen LogP contribution in [0.2, 0.25) is 0 Å². The van der Waals surface area contributed by atoms with E-state index in [4.69, 9.17) is 9.72 Å². The van der Waals surface area contributed by atoms with E-state index in [0.29, 0.717) is 11.9 Å². The van der Waals surface area contributed by atoms with Crippen molar-refractivity contribution in [2.45, 2.75) is 25.7 Å². The zero-order valence-corrected chi connectivity index (χ0v) is 15.2. The number of methoxy groups -OCH3 is 1. The molecule has 1 aliphatic rings. The number of hydrogen-bond acceptors (Lipinski definition) is 5.